The highest BCUT2D eigenvalue weighted by Gasteiger charge is 2.33. The van der Waals surface area contributed by atoms with Crippen LogP contribution in [0.25, 0.3) is 12.2 Å². The van der Waals surface area contributed by atoms with Gasteiger partial charge in [-0.15, -0.1) is 0 Å². The fraction of sp³-hybridized carbons (Fsp3) is 0.360. The van der Waals surface area contributed by atoms with Crippen LogP contribution in [0.15, 0.2) is 35.4 Å². The van der Waals surface area contributed by atoms with E-state index in [1.165, 1.54) is 43.3 Å². The lowest BCUT2D eigenvalue weighted by atomic mass is 9.89. The van der Waals surface area contributed by atoms with Gasteiger partial charge in [-0.05, 0) is 63.5 Å². The van der Waals surface area contributed by atoms with Gasteiger partial charge in [0.2, 0.25) is 11.6 Å². The summed E-state index contributed by atoms with van der Waals surface area (Å²) in [5.41, 5.74) is 5.45. The van der Waals surface area contributed by atoms with E-state index >= 15 is 0 Å². The predicted octanol–water partition coefficient (Wildman–Crippen LogP) is 5.56. The van der Waals surface area contributed by atoms with Crippen molar-refractivity contribution in [3.8, 4) is 0 Å². The van der Waals surface area contributed by atoms with Crippen molar-refractivity contribution in [3.05, 3.63) is 69.3 Å². The van der Waals surface area contributed by atoms with E-state index < -0.39 is 0 Å². The maximum atomic E-state index is 13.1. The van der Waals surface area contributed by atoms with Crippen molar-refractivity contribution >= 4 is 23.7 Å². The van der Waals surface area contributed by atoms with Gasteiger partial charge < -0.3 is 0 Å². The largest absolute Gasteiger partial charge is 0.287 e. The minimum Gasteiger partial charge on any atom is -0.287 e. The summed E-state index contributed by atoms with van der Waals surface area (Å²) in [6, 6.07) is 6.97. The number of aromatic nitrogens is 2. The molecule has 0 spiro atoms. The summed E-state index contributed by atoms with van der Waals surface area (Å²) in [5, 5.41) is 0. The van der Waals surface area contributed by atoms with Crippen LogP contribution in [0.3, 0.4) is 0 Å². The van der Waals surface area contributed by atoms with Gasteiger partial charge in [0.15, 0.2) is 0 Å². The SMILES string of the molecule is O=C1c2ccccc2C(=O)c2nc(C=C3CCCC3)c(C=C3CCCCC3)nc21. The molecule has 2 saturated carbocycles. The summed E-state index contributed by atoms with van der Waals surface area (Å²) in [5.74, 6) is -0.406. The molecule has 5 rings (SSSR count). The minimum atomic E-state index is -0.203. The summed E-state index contributed by atoms with van der Waals surface area (Å²) in [6.07, 6.45) is 14.6. The van der Waals surface area contributed by atoms with Crippen molar-refractivity contribution < 1.29 is 9.59 Å². The molecule has 4 nitrogen and oxygen atoms in total. The van der Waals surface area contributed by atoms with Crippen LogP contribution in [0, 0.1) is 0 Å². The molecule has 29 heavy (non-hydrogen) atoms. The van der Waals surface area contributed by atoms with Crippen LogP contribution in [-0.4, -0.2) is 21.5 Å². The Balaban J connectivity index is 1.66. The number of hydrogen-bond acceptors (Lipinski definition) is 4. The zero-order valence-corrected chi connectivity index (χ0v) is 16.5. The lowest BCUT2D eigenvalue weighted by Gasteiger charge is -2.18. The molecule has 0 atom stereocenters. The Kier molecular flexibility index (Phi) is 4.70. The molecule has 1 aromatic heterocycles. The number of carbonyl (C=O) groups is 2. The summed E-state index contributed by atoms with van der Waals surface area (Å²) in [6.45, 7) is 0. The summed E-state index contributed by atoms with van der Waals surface area (Å²) >= 11 is 0. The van der Waals surface area contributed by atoms with E-state index in [1.54, 1.807) is 24.3 Å². The minimum absolute atomic E-state index is 0.198. The van der Waals surface area contributed by atoms with E-state index in [2.05, 4.69) is 12.2 Å². The van der Waals surface area contributed by atoms with Gasteiger partial charge in [-0.3, -0.25) is 9.59 Å². The van der Waals surface area contributed by atoms with E-state index in [1.807, 2.05) is 0 Å². The van der Waals surface area contributed by atoms with Gasteiger partial charge in [-0.1, -0.05) is 41.8 Å². The average molecular weight is 384 g/mol. The number of carbonyl (C=O) groups excluding carboxylic acids is 2. The van der Waals surface area contributed by atoms with Crippen LogP contribution in [-0.2, 0) is 0 Å². The standard InChI is InChI=1S/C25H24N2O2/c28-24-18-12-6-7-13-19(18)25(29)23-22(24)26-20(14-16-8-2-1-3-9-16)21(27-23)15-17-10-4-5-11-17/h6-7,12-15H,1-5,8-11H2. The molecule has 0 aliphatic heterocycles. The Morgan fingerprint density at radius 1 is 0.621 bits per heavy atom. The van der Waals surface area contributed by atoms with Crippen LogP contribution < -0.4 is 0 Å². The molecule has 0 bridgehead atoms. The summed E-state index contributed by atoms with van der Waals surface area (Å²) < 4.78 is 0. The Morgan fingerprint density at radius 2 is 1.03 bits per heavy atom. The zero-order valence-electron chi connectivity index (χ0n) is 16.5. The quantitative estimate of drug-likeness (QED) is 0.581. The number of nitrogens with zero attached hydrogens (tertiary/aromatic N) is 2. The molecule has 146 valence electrons. The van der Waals surface area contributed by atoms with Crippen LogP contribution in [0.4, 0.5) is 0 Å². The zero-order chi connectivity index (χ0) is 19.8. The maximum Gasteiger partial charge on any atom is 0.214 e. The molecule has 3 aliphatic rings. The van der Waals surface area contributed by atoms with E-state index in [0.717, 1.165) is 37.1 Å². The van der Waals surface area contributed by atoms with Gasteiger partial charge in [0.1, 0.15) is 11.4 Å². The van der Waals surface area contributed by atoms with Gasteiger partial charge in [-0.25, -0.2) is 9.97 Å². The molecule has 0 amide bonds. The van der Waals surface area contributed by atoms with Crippen molar-refractivity contribution in [3.63, 3.8) is 0 Å². The fourth-order valence-electron chi connectivity index (χ4n) is 4.64. The summed E-state index contributed by atoms with van der Waals surface area (Å²) in [4.78, 5) is 35.6. The second kappa shape index (κ2) is 7.51. The topological polar surface area (TPSA) is 59.9 Å². The van der Waals surface area contributed by atoms with Gasteiger partial charge in [0, 0.05) is 11.1 Å². The van der Waals surface area contributed by atoms with Crippen LogP contribution in [0.1, 0.15) is 101 Å². The van der Waals surface area contributed by atoms with Crippen LogP contribution in [0.5, 0.6) is 0 Å². The second-order valence-corrected chi connectivity index (χ2v) is 8.27. The molecule has 0 saturated heterocycles. The number of fused-ring (bicyclic) bond motifs is 2. The lowest BCUT2D eigenvalue weighted by Crippen LogP contribution is -2.25. The first-order valence-corrected chi connectivity index (χ1v) is 10.7. The summed E-state index contributed by atoms with van der Waals surface area (Å²) in [7, 11) is 0. The third-order valence-electron chi connectivity index (χ3n) is 6.22. The molecule has 1 heterocycles. The van der Waals surface area contributed by atoms with Crippen molar-refractivity contribution in [2.45, 2.75) is 57.8 Å². The van der Waals surface area contributed by atoms with E-state index in [4.69, 9.17) is 9.97 Å². The van der Waals surface area contributed by atoms with Crippen LogP contribution >= 0.6 is 0 Å². The molecule has 1 aromatic carbocycles. The van der Waals surface area contributed by atoms with Crippen molar-refractivity contribution in [2.24, 2.45) is 0 Å². The average Bonchev–Trinajstić information content (AvgIpc) is 3.27. The third kappa shape index (κ3) is 3.37. The second-order valence-electron chi connectivity index (χ2n) is 8.27. The Labute approximate surface area is 170 Å². The number of hydrogen-bond donors (Lipinski definition) is 0. The fourth-order valence-corrected chi connectivity index (χ4v) is 4.64. The van der Waals surface area contributed by atoms with Crippen molar-refractivity contribution in [1.82, 2.24) is 9.97 Å². The maximum absolute atomic E-state index is 13.1. The highest BCUT2D eigenvalue weighted by atomic mass is 16.1. The van der Waals surface area contributed by atoms with Crippen molar-refractivity contribution in [2.75, 3.05) is 0 Å². The lowest BCUT2D eigenvalue weighted by molar-refractivity contribution is 0.0971. The molecule has 0 radical (unpaired) electrons. The number of benzene rings is 1. The molecule has 0 unspecified atom stereocenters. The third-order valence-corrected chi connectivity index (χ3v) is 6.22. The Hall–Kier alpha value is -2.88. The first-order chi connectivity index (χ1) is 14.2. The van der Waals surface area contributed by atoms with Gasteiger partial charge in [0.25, 0.3) is 0 Å². The van der Waals surface area contributed by atoms with Crippen molar-refractivity contribution in [1.29, 1.82) is 0 Å². The Bertz CT molecular complexity index is 1060. The van der Waals surface area contributed by atoms with Gasteiger partial charge in [-0.2, -0.15) is 0 Å². The van der Waals surface area contributed by atoms with E-state index in [-0.39, 0.29) is 23.0 Å². The van der Waals surface area contributed by atoms with Crippen LogP contribution in [0.2, 0.25) is 0 Å². The van der Waals surface area contributed by atoms with Gasteiger partial charge in [0.05, 0.1) is 11.4 Å². The molecule has 2 aromatic rings. The first kappa shape index (κ1) is 18.2. The molecular weight excluding hydrogens is 360 g/mol. The van der Waals surface area contributed by atoms with E-state index in [0.29, 0.717) is 11.1 Å². The van der Waals surface area contributed by atoms with Gasteiger partial charge >= 0.3 is 0 Å². The molecule has 0 N–H and O–H groups in total. The smallest absolute Gasteiger partial charge is 0.214 e. The monoisotopic (exact) mass is 384 g/mol. The van der Waals surface area contributed by atoms with E-state index in [9.17, 15) is 9.59 Å². The number of allylic oxidation sites excluding steroid dienone is 2. The Morgan fingerprint density at radius 3 is 1.48 bits per heavy atom. The number of rotatable bonds is 2. The molecular formula is C25H24N2O2. The normalized spacial score (nSPS) is 18.5. The first-order valence-electron chi connectivity index (χ1n) is 10.7. The number of ketones is 2. The molecule has 3 aliphatic carbocycles. The molecule has 4 heteroatoms. The molecule has 2 fully saturated rings. The highest BCUT2D eigenvalue weighted by Crippen LogP contribution is 2.31. The predicted molar refractivity (Wildman–Crippen MR) is 113 cm³/mol. The highest BCUT2D eigenvalue weighted by molar-refractivity contribution is 6.27.